The Morgan fingerprint density at radius 3 is 2.23 bits per heavy atom. The molecule has 124 valence electrons. The second-order valence-corrected chi connectivity index (χ2v) is 5.78. The third-order valence-electron chi connectivity index (χ3n) is 3.77. The first-order valence-electron chi connectivity index (χ1n) is 8.42. The minimum Gasteiger partial charge on any atom is -0.352 e. The molecule has 1 aromatic rings. The third-order valence-corrected chi connectivity index (χ3v) is 3.77. The van der Waals surface area contributed by atoms with Gasteiger partial charge in [0.25, 0.3) is 0 Å². The zero-order chi connectivity index (χ0) is 16.0. The molecule has 4 nitrogen and oxygen atoms in total. The predicted octanol–water partition coefficient (Wildman–Crippen LogP) is 3.83. The molecule has 0 aliphatic heterocycles. The molecule has 0 fully saturated rings. The van der Waals surface area contributed by atoms with Crippen LogP contribution >= 0.6 is 0 Å². The molecule has 1 rings (SSSR count). The largest absolute Gasteiger partial charge is 0.352 e. The van der Waals surface area contributed by atoms with Gasteiger partial charge in [-0.1, -0.05) is 69.7 Å². The van der Waals surface area contributed by atoms with Crippen LogP contribution < -0.4 is 11.2 Å². The highest BCUT2D eigenvalue weighted by molar-refractivity contribution is 5.75. The van der Waals surface area contributed by atoms with Gasteiger partial charge in [-0.3, -0.25) is 9.63 Å². The number of amides is 1. The summed E-state index contributed by atoms with van der Waals surface area (Å²) in [6, 6.07) is 7.90. The molecule has 3 N–H and O–H groups in total. The van der Waals surface area contributed by atoms with Crippen LogP contribution in [0.4, 0.5) is 0 Å². The van der Waals surface area contributed by atoms with E-state index in [1.807, 2.05) is 24.3 Å². The van der Waals surface area contributed by atoms with Gasteiger partial charge < -0.3 is 5.32 Å². The van der Waals surface area contributed by atoms with Crippen LogP contribution in [0, 0.1) is 0 Å². The highest BCUT2D eigenvalue weighted by Crippen LogP contribution is 2.09. The van der Waals surface area contributed by atoms with Crippen LogP contribution in [0.2, 0.25) is 0 Å². The van der Waals surface area contributed by atoms with E-state index in [1.165, 1.54) is 32.1 Å². The molecule has 0 heterocycles. The van der Waals surface area contributed by atoms with Crippen LogP contribution in [-0.4, -0.2) is 5.91 Å². The molecule has 0 aromatic heterocycles. The van der Waals surface area contributed by atoms with Crippen molar-refractivity contribution in [3.05, 3.63) is 35.4 Å². The van der Waals surface area contributed by atoms with Crippen molar-refractivity contribution in [1.82, 2.24) is 5.32 Å². The Hall–Kier alpha value is -1.39. The summed E-state index contributed by atoms with van der Waals surface area (Å²) in [5.41, 5.74) is 2.12. The lowest BCUT2D eigenvalue weighted by molar-refractivity contribution is -0.121. The van der Waals surface area contributed by atoms with Gasteiger partial charge in [-0.05, 0) is 17.5 Å². The first-order chi connectivity index (χ1) is 10.8. The Bertz CT molecular complexity index is 404. The number of unbranched alkanes of at least 4 members (excludes halogenated alkanes) is 6. The van der Waals surface area contributed by atoms with Gasteiger partial charge in [0.15, 0.2) is 0 Å². The quantitative estimate of drug-likeness (QED) is 0.455. The first kappa shape index (κ1) is 18.7. The van der Waals surface area contributed by atoms with E-state index in [0.29, 0.717) is 19.6 Å². The summed E-state index contributed by atoms with van der Waals surface area (Å²) in [7, 11) is 0. The summed E-state index contributed by atoms with van der Waals surface area (Å²) in [4.78, 5) is 16.4. The van der Waals surface area contributed by atoms with E-state index in [4.69, 9.17) is 5.90 Å². The van der Waals surface area contributed by atoms with E-state index in [9.17, 15) is 4.79 Å². The van der Waals surface area contributed by atoms with Gasteiger partial charge in [-0.2, -0.15) is 0 Å². The van der Waals surface area contributed by atoms with E-state index in [-0.39, 0.29) is 5.91 Å². The molecule has 22 heavy (non-hydrogen) atoms. The topological polar surface area (TPSA) is 64.3 Å². The van der Waals surface area contributed by atoms with Crippen molar-refractivity contribution in [2.75, 3.05) is 0 Å². The average molecular weight is 306 g/mol. The van der Waals surface area contributed by atoms with Crippen molar-refractivity contribution in [2.45, 2.75) is 71.4 Å². The second kappa shape index (κ2) is 12.2. The van der Waals surface area contributed by atoms with E-state index in [1.54, 1.807) is 0 Å². The molecule has 1 aromatic carbocycles. The Balaban J connectivity index is 2.07. The molecule has 4 heteroatoms. The van der Waals surface area contributed by atoms with Gasteiger partial charge in [0.05, 0.1) is 6.61 Å². The molecule has 1 amide bonds. The van der Waals surface area contributed by atoms with E-state index in [2.05, 4.69) is 17.1 Å². The van der Waals surface area contributed by atoms with Gasteiger partial charge in [0.1, 0.15) is 0 Å². The molecule has 0 radical (unpaired) electrons. The molecule has 0 atom stereocenters. The fraction of sp³-hybridized carbons (Fsp3) is 0.611. The molecular formula is C18H30N2O2. The van der Waals surface area contributed by atoms with Crippen LogP contribution in [0.15, 0.2) is 24.3 Å². The minimum absolute atomic E-state index is 0.142. The SMILES string of the molecule is CCCCCCCCCC(=O)NCc1ccc(CON)cc1. The standard InChI is InChI=1S/C18H30N2O2/c1-2-3-4-5-6-7-8-9-18(21)20-14-16-10-12-17(13-11-16)15-22-19/h10-13H,2-9,14-15,19H2,1H3,(H,20,21). The van der Waals surface area contributed by atoms with Crippen LogP contribution in [0.3, 0.4) is 0 Å². The Labute approximate surface area is 134 Å². The Morgan fingerprint density at radius 2 is 1.59 bits per heavy atom. The summed E-state index contributed by atoms with van der Waals surface area (Å²) in [6.45, 7) is 3.22. The molecule has 0 spiro atoms. The van der Waals surface area contributed by atoms with Crippen LogP contribution in [0.1, 0.15) is 69.4 Å². The number of carbonyl (C=O) groups is 1. The Morgan fingerprint density at radius 1 is 1.00 bits per heavy atom. The maximum absolute atomic E-state index is 11.8. The molecule has 0 saturated heterocycles. The first-order valence-corrected chi connectivity index (χ1v) is 8.42. The van der Waals surface area contributed by atoms with E-state index < -0.39 is 0 Å². The number of carbonyl (C=O) groups excluding carboxylic acids is 1. The van der Waals surface area contributed by atoms with Gasteiger partial charge in [0.2, 0.25) is 5.91 Å². The van der Waals surface area contributed by atoms with Gasteiger partial charge in [-0.15, -0.1) is 0 Å². The summed E-state index contributed by atoms with van der Waals surface area (Å²) in [5, 5.41) is 2.97. The maximum atomic E-state index is 11.8. The summed E-state index contributed by atoms with van der Waals surface area (Å²) < 4.78 is 0. The normalized spacial score (nSPS) is 10.6. The maximum Gasteiger partial charge on any atom is 0.220 e. The fourth-order valence-corrected chi connectivity index (χ4v) is 2.38. The van der Waals surface area contributed by atoms with E-state index >= 15 is 0 Å². The third kappa shape index (κ3) is 8.80. The van der Waals surface area contributed by atoms with Gasteiger partial charge >= 0.3 is 0 Å². The van der Waals surface area contributed by atoms with Crippen molar-refractivity contribution >= 4 is 5.91 Å². The van der Waals surface area contributed by atoms with Crippen molar-refractivity contribution in [3.8, 4) is 0 Å². The zero-order valence-electron chi connectivity index (χ0n) is 13.8. The van der Waals surface area contributed by atoms with Gasteiger partial charge in [0, 0.05) is 13.0 Å². The van der Waals surface area contributed by atoms with Crippen LogP contribution in [-0.2, 0) is 22.8 Å². The molecule has 0 aliphatic rings. The smallest absolute Gasteiger partial charge is 0.220 e. The van der Waals surface area contributed by atoms with Crippen molar-refractivity contribution < 1.29 is 9.63 Å². The molecule has 0 saturated carbocycles. The lowest BCUT2D eigenvalue weighted by Crippen LogP contribution is -2.22. The Kier molecular flexibility index (Phi) is 10.3. The van der Waals surface area contributed by atoms with Crippen molar-refractivity contribution in [1.29, 1.82) is 0 Å². The summed E-state index contributed by atoms with van der Waals surface area (Å²) in [5.74, 6) is 5.17. The highest BCUT2D eigenvalue weighted by Gasteiger charge is 2.01. The summed E-state index contributed by atoms with van der Waals surface area (Å²) >= 11 is 0. The predicted molar refractivity (Wildman–Crippen MR) is 89.9 cm³/mol. The lowest BCUT2D eigenvalue weighted by Gasteiger charge is -2.06. The molecule has 0 unspecified atom stereocenters. The number of rotatable bonds is 12. The van der Waals surface area contributed by atoms with Crippen molar-refractivity contribution in [2.24, 2.45) is 5.90 Å². The van der Waals surface area contributed by atoms with E-state index in [0.717, 1.165) is 24.0 Å². The molecule has 0 bridgehead atoms. The van der Waals surface area contributed by atoms with Crippen LogP contribution in [0.25, 0.3) is 0 Å². The van der Waals surface area contributed by atoms with Crippen LogP contribution in [0.5, 0.6) is 0 Å². The average Bonchev–Trinajstić information content (AvgIpc) is 2.54. The van der Waals surface area contributed by atoms with Crippen molar-refractivity contribution in [3.63, 3.8) is 0 Å². The second-order valence-electron chi connectivity index (χ2n) is 5.78. The summed E-state index contributed by atoms with van der Waals surface area (Å²) in [6.07, 6.45) is 9.27. The molecule has 0 aliphatic carbocycles. The highest BCUT2D eigenvalue weighted by atomic mass is 16.6. The number of nitrogens with one attached hydrogen (secondary N) is 1. The number of hydrogen-bond donors (Lipinski definition) is 2. The molecular weight excluding hydrogens is 276 g/mol. The number of hydrogen-bond acceptors (Lipinski definition) is 3. The number of benzene rings is 1. The monoisotopic (exact) mass is 306 g/mol. The zero-order valence-corrected chi connectivity index (χ0v) is 13.8. The minimum atomic E-state index is 0.142. The fourth-order valence-electron chi connectivity index (χ4n) is 2.38. The number of nitrogens with two attached hydrogens (primary N) is 1. The lowest BCUT2D eigenvalue weighted by atomic mass is 10.1. The van der Waals surface area contributed by atoms with Gasteiger partial charge in [-0.25, -0.2) is 5.90 Å².